The van der Waals surface area contributed by atoms with Crippen LogP contribution in [0.5, 0.6) is 0 Å². The van der Waals surface area contributed by atoms with Crippen LogP contribution in [0.1, 0.15) is 39.5 Å². The molecule has 2 aromatic rings. The van der Waals surface area contributed by atoms with Crippen LogP contribution in [0.4, 0.5) is 11.5 Å². The number of rotatable bonds is 4. The van der Waals surface area contributed by atoms with Crippen molar-refractivity contribution in [1.29, 1.82) is 5.41 Å². The maximum Gasteiger partial charge on any atom is 0.166 e. The van der Waals surface area contributed by atoms with Crippen molar-refractivity contribution in [1.82, 2.24) is 9.97 Å². The van der Waals surface area contributed by atoms with Crippen molar-refractivity contribution in [2.24, 2.45) is 16.6 Å². The lowest BCUT2D eigenvalue weighted by Crippen LogP contribution is -2.51. The monoisotopic (exact) mass is 414 g/mol. The molecule has 7 nitrogen and oxygen atoms in total. The molecular weight excluding hydrogens is 384 g/mol. The summed E-state index contributed by atoms with van der Waals surface area (Å²) in [5.74, 6) is 0.886. The molecule has 0 unspecified atom stereocenters. The molecule has 0 amide bonds. The number of hydrogen-bond acceptors (Lipinski definition) is 7. The molecule has 1 saturated carbocycles. The lowest BCUT2D eigenvalue weighted by Gasteiger charge is -2.39. The number of fused-ring (bicyclic) bond motifs is 1. The molecule has 156 valence electrons. The summed E-state index contributed by atoms with van der Waals surface area (Å²) in [7, 11) is 1.74. The van der Waals surface area contributed by atoms with Crippen LogP contribution in [-0.2, 0) is 4.74 Å². The molecule has 0 spiro atoms. The second kappa shape index (κ2) is 10.0. The Morgan fingerprint density at radius 2 is 1.97 bits per heavy atom. The maximum atomic E-state index is 8.20. The maximum absolute atomic E-state index is 8.20. The molecule has 8 heteroatoms. The Morgan fingerprint density at radius 3 is 2.66 bits per heavy atom. The fourth-order valence-corrected chi connectivity index (χ4v) is 4.31. The number of nitrogens with two attached hydrogens (primary N) is 1. The molecule has 3 heterocycles. The summed E-state index contributed by atoms with van der Waals surface area (Å²) in [5.41, 5.74) is 8.70. The van der Waals surface area contributed by atoms with Gasteiger partial charge >= 0.3 is 0 Å². The van der Waals surface area contributed by atoms with Gasteiger partial charge in [0, 0.05) is 26.1 Å². The number of nitrogens with one attached hydrogen (secondary N) is 1. The molecule has 2 aromatic heterocycles. The second-order valence-electron chi connectivity index (χ2n) is 7.06. The van der Waals surface area contributed by atoms with Crippen LogP contribution in [0.25, 0.3) is 11.0 Å². The number of methoxy groups -OCH3 is 1. The van der Waals surface area contributed by atoms with Crippen molar-refractivity contribution >= 4 is 44.5 Å². The number of hydrogen-bond donors (Lipinski definition) is 2. The van der Waals surface area contributed by atoms with Gasteiger partial charge in [-0.15, -0.1) is 0 Å². The fraction of sp³-hybridized carbons (Fsp3) is 0.524. The van der Waals surface area contributed by atoms with Crippen LogP contribution < -0.4 is 10.6 Å². The van der Waals surface area contributed by atoms with Crippen LogP contribution in [0.15, 0.2) is 29.4 Å². The number of aliphatic imine (C=N–C) groups is 1. The van der Waals surface area contributed by atoms with Gasteiger partial charge in [-0.25, -0.2) is 9.98 Å². The van der Waals surface area contributed by atoms with E-state index < -0.39 is 0 Å². The summed E-state index contributed by atoms with van der Waals surface area (Å²) in [6.45, 7) is 5.74. The zero-order chi connectivity index (χ0) is 20.8. The van der Waals surface area contributed by atoms with Crippen molar-refractivity contribution in [3.63, 3.8) is 0 Å². The van der Waals surface area contributed by atoms with Crippen molar-refractivity contribution in [3.05, 3.63) is 24.4 Å². The van der Waals surface area contributed by atoms with Crippen molar-refractivity contribution in [3.8, 4) is 0 Å². The summed E-state index contributed by atoms with van der Waals surface area (Å²) >= 11 is 1.25. The first-order valence-corrected chi connectivity index (χ1v) is 11.1. The summed E-state index contributed by atoms with van der Waals surface area (Å²) in [6.07, 6.45) is 6.73. The largest absolute Gasteiger partial charge is 0.378 e. The van der Waals surface area contributed by atoms with E-state index in [9.17, 15) is 0 Å². The first-order chi connectivity index (χ1) is 14.1. The second-order valence-corrected chi connectivity index (χ2v) is 8.12. The van der Waals surface area contributed by atoms with Crippen molar-refractivity contribution in [2.75, 3.05) is 25.1 Å². The predicted molar refractivity (Wildman–Crippen MR) is 122 cm³/mol. The van der Waals surface area contributed by atoms with Gasteiger partial charge in [-0.2, -0.15) is 0 Å². The van der Waals surface area contributed by atoms with Gasteiger partial charge in [-0.3, -0.25) is 10.4 Å². The zero-order valence-corrected chi connectivity index (χ0v) is 18.2. The first-order valence-electron chi connectivity index (χ1n) is 10.3. The fourth-order valence-electron chi connectivity index (χ4n) is 3.54. The third-order valence-electron chi connectivity index (χ3n) is 5.22. The van der Waals surface area contributed by atoms with E-state index in [1.807, 2.05) is 38.2 Å². The number of anilines is 1. The average molecular weight is 415 g/mol. The predicted octanol–water partition coefficient (Wildman–Crippen LogP) is 4.34. The molecule has 2 fully saturated rings. The van der Waals surface area contributed by atoms with E-state index in [4.69, 9.17) is 15.9 Å². The van der Waals surface area contributed by atoms with Gasteiger partial charge in [-0.1, -0.05) is 26.7 Å². The van der Waals surface area contributed by atoms with Gasteiger partial charge in [-0.05, 0) is 42.8 Å². The smallest absolute Gasteiger partial charge is 0.166 e. The molecule has 3 N–H and O–H groups in total. The quantitative estimate of drug-likeness (QED) is 0.570. The van der Waals surface area contributed by atoms with Gasteiger partial charge in [0.2, 0.25) is 0 Å². The number of nitrogens with zero attached hydrogens (tertiary/aromatic N) is 4. The molecule has 4 rings (SSSR count). The van der Waals surface area contributed by atoms with Crippen LogP contribution in [0.3, 0.4) is 0 Å². The average Bonchev–Trinajstić information content (AvgIpc) is 3.23. The number of aromatic nitrogens is 2. The lowest BCUT2D eigenvalue weighted by atomic mass is 10.1. The van der Waals surface area contributed by atoms with Crippen LogP contribution >= 0.6 is 11.8 Å². The Labute approximate surface area is 176 Å². The highest BCUT2D eigenvalue weighted by Gasteiger charge is 2.27. The summed E-state index contributed by atoms with van der Waals surface area (Å²) in [4.78, 5) is 15.7. The van der Waals surface area contributed by atoms with Gasteiger partial charge < -0.3 is 15.4 Å². The molecule has 1 aliphatic heterocycles. The van der Waals surface area contributed by atoms with Gasteiger partial charge in [0.15, 0.2) is 11.0 Å². The lowest BCUT2D eigenvalue weighted by molar-refractivity contribution is 0.0787. The molecule has 0 radical (unpaired) electrons. The summed E-state index contributed by atoms with van der Waals surface area (Å²) in [6, 6.07) is 5.74. The molecular formula is C21H30N6OS. The third kappa shape index (κ3) is 5.25. The molecule has 2 aliphatic rings. The first kappa shape index (κ1) is 21.5. The molecule has 0 atom stereocenters. The Balaban J connectivity index is 0.00000117. The standard InChI is InChI=1S/C19H24N6OS.C2H6/c1-26-14-10-25(11-14)13-8-16-15(22-9-13)6-7-17(23-16)24-19(21)27-18(20)12-4-2-3-5-12;1-2/h6-9,12,14,20H,2-5,10-11H2,1H3,(H2,21,23,24);1-2H3. The van der Waals surface area contributed by atoms with E-state index in [1.165, 1.54) is 24.6 Å². The van der Waals surface area contributed by atoms with E-state index in [1.54, 1.807) is 7.11 Å². The normalized spacial score (nSPS) is 17.8. The minimum absolute atomic E-state index is 0.289. The summed E-state index contributed by atoms with van der Waals surface area (Å²) < 4.78 is 5.33. The van der Waals surface area contributed by atoms with Gasteiger partial charge in [0.05, 0.1) is 34.1 Å². The molecule has 0 aromatic carbocycles. The minimum Gasteiger partial charge on any atom is -0.378 e. The highest BCUT2D eigenvalue weighted by atomic mass is 32.2. The van der Waals surface area contributed by atoms with E-state index in [2.05, 4.69) is 19.9 Å². The Hall–Kier alpha value is -2.19. The van der Waals surface area contributed by atoms with Crippen LogP contribution in [0.2, 0.25) is 0 Å². The van der Waals surface area contributed by atoms with Gasteiger partial charge in [0.1, 0.15) is 0 Å². The number of thioether (sulfide) groups is 1. The number of ether oxygens (including phenoxy) is 1. The third-order valence-corrected chi connectivity index (χ3v) is 6.07. The highest BCUT2D eigenvalue weighted by Crippen LogP contribution is 2.30. The number of amidine groups is 1. The Kier molecular flexibility index (Phi) is 7.44. The van der Waals surface area contributed by atoms with E-state index >= 15 is 0 Å². The minimum atomic E-state index is 0.289. The number of pyridine rings is 2. The van der Waals surface area contributed by atoms with E-state index in [0.29, 0.717) is 21.9 Å². The van der Waals surface area contributed by atoms with E-state index in [-0.39, 0.29) is 6.10 Å². The van der Waals surface area contributed by atoms with Gasteiger partial charge in [0.25, 0.3) is 0 Å². The summed E-state index contributed by atoms with van der Waals surface area (Å²) in [5, 5.41) is 9.19. The molecule has 1 saturated heterocycles. The topological polar surface area (TPSA) is 100 Å². The Bertz CT molecular complexity index is 875. The molecule has 29 heavy (non-hydrogen) atoms. The van der Waals surface area contributed by atoms with Crippen molar-refractivity contribution < 1.29 is 4.74 Å². The van der Waals surface area contributed by atoms with Crippen LogP contribution in [-0.4, -0.2) is 46.5 Å². The van der Waals surface area contributed by atoms with Crippen molar-refractivity contribution in [2.45, 2.75) is 45.6 Å². The Morgan fingerprint density at radius 1 is 1.24 bits per heavy atom. The highest BCUT2D eigenvalue weighted by molar-refractivity contribution is 8.26. The SMILES string of the molecule is CC.COC1CN(c2cnc3ccc(N=C(N)SC(=N)C4CCCC4)nc3c2)C1. The molecule has 1 aliphatic carbocycles. The van der Waals surface area contributed by atoms with E-state index in [0.717, 1.165) is 42.7 Å². The molecule has 0 bridgehead atoms. The zero-order valence-electron chi connectivity index (χ0n) is 17.4. The van der Waals surface area contributed by atoms with Crippen LogP contribution in [0, 0.1) is 11.3 Å².